The first-order chi connectivity index (χ1) is 10.6. The summed E-state index contributed by atoms with van der Waals surface area (Å²) in [5.41, 5.74) is 0.938. The second-order valence-electron chi connectivity index (χ2n) is 5.77. The van der Waals surface area contributed by atoms with Crippen LogP contribution in [0, 0.1) is 6.92 Å². The SMILES string of the molecule is Cc1ccc(S(=O)(=O)N2CC(=O)N([C@@H](C)C(=O)O)C[C@H]2C)cc1. The lowest BCUT2D eigenvalue weighted by Gasteiger charge is -2.40. The first-order valence-electron chi connectivity index (χ1n) is 7.25. The van der Waals surface area contributed by atoms with Gasteiger partial charge in [0, 0.05) is 12.6 Å². The quantitative estimate of drug-likeness (QED) is 0.870. The number of amides is 1. The van der Waals surface area contributed by atoms with Crippen molar-refractivity contribution in [2.24, 2.45) is 0 Å². The predicted octanol–water partition coefficient (Wildman–Crippen LogP) is 0.690. The highest BCUT2D eigenvalue weighted by molar-refractivity contribution is 7.89. The standard InChI is InChI=1S/C15H20N2O5S/c1-10-4-6-13(7-5-10)23(21,22)17-9-14(18)16(8-11(17)2)12(3)15(19)20/h4-7,11-12H,8-9H2,1-3H3,(H,19,20)/t11-,12+/m1/s1. The zero-order valence-electron chi connectivity index (χ0n) is 13.3. The molecule has 1 fully saturated rings. The largest absolute Gasteiger partial charge is 0.480 e. The summed E-state index contributed by atoms with van der Waals surface area (Å²) in [5.74, 6) is -1.62. The second kappa shape index (κ2) is 6.29. The van der Waals surface area contributed by atoms with Gasteiger partial charge in [0.2, 0.25) is 15.9 Å². The van der Waals surface area contributed by atoms with Crippen molar-refractivity contribution in [1.82, 2.24) is 9.21 Å². The average molecular weight is 340 g/mol. The minimum Gasteiger partial charge on any atom is -0.480 e. The van der Waals surface area contributed by atoms with Gasteiger partial charge in [-0.05, 0) is 32.9 Å². The fourth-order valence-electron chi connectivity index (χ4n) is 2.53. The fourth-order valence-corrected chi connectivity index (χ4v) is 4.10. The van der Waals surface area contributed by atoms with Crippen molar-refractivity contribution < 1.29 is 23.1 Å². The van der Waals surface area contributed by atoms with Crippen molar-refractivity contribution in [1.29, 1.82) is 0 Å². The maximum absolute atomic E-state index is 12.7. The van der Waals surface area contributed by atoms with Gasteiger partial charge in [-0.3, -0.25) is 4.79 Å². The van der Waals surface area contributed by atoms with Crippen molar-refractivity contribution in [2.45, 2.75) is 37.8 Å². The lowest BCUT2D eigenvalue weighted by atomic mass is 10.2. The molecule has 23 heavy (non-hydrogen) atoms. The number of carboxylic acids is 1. The molecule has 0 unspecified atom stereocenters. The minimum atomic E-state index is -3.79. The number of nitrogens with zero attached hydrogens (tertiary/aromatic N) is 2. The van der Waals surface area contributed by atoms with Crippen LogP contribution in [0.15, 0.2) is 29.2 Å². The van der Waals surface area contributed by atoms with E-state index in [1.807, 2.05) is 6.92 Å². The summed E-state index contributed by atoms with van der Waals surface area (Å²) >= 11 is 0. The van der Waals surface area contributed by atoms with E-state index in [1.165, 1.54) is 24.0 Å². The van der Waals surface area contributed by atoms with Gasteiger partial charge in [0.05, 0.1) is 11.4 Å². The van der Waals surface area contributed by atoms with E-state index in [4.69, 9.17) is 5.11 Å². The predicted molar refractivity (Wildman–Crippen MR) is 83.3 cm³/mol. The molecule has 1 aliphatic rings. The number of sulfonamides is 1. The molecule has 0 aliphatic carbocycles. The first-order valence-corrected chi connectivity index (χ1v) is 8.69. The normalized spacial score (nSPS) is 21.3. The van der Waals surface area contributed by atoms with Crippen molar-refractivity contribution in [3.05, 3.63) is 29.8 Å². The Hall–Kier alpha value is -1.93. The molecule has 2 atom stereocenters. The summed E-state index contributed by atoms with van der Waals surface area (Å²) in [4.78, 5) is 24.6. The highest BCUT2D eigenvalue weighted by Gasteiger charge is 2.40. The number of benzene rings is 1. The molecule has 1 heterocycles. The second-order valence-corrected chi connectivity index (χ2v) is 7.66. The Balaban J connectivity index is 2.27. The molecule has 0 aromatic heterocycles. The third-order valence-corrected chi connectivity index (χ3v) is 5.99. The summed E-state index contributed by atoms with van der Waals surface area (Å²) in [5, 5.41) is 9.04. The molecule has 7 nitrogen and oxygen atoms in total. The van der Waals surface area contributed by atoms with Gasteiger partial charge in [0.25, 0.3) is 0 Å². The monoisotopic (exact) mass is 340 g/mol. The van der Waals surface area contributed by atoms with Crippen LogP contribution in [0.2, 0.25) is 0 Å². The molecule has 1 amide bonds. The highest BCUT2D eigenvalue weighted by Crippen LogP contribution is 2.23. The Morgan fingerprint density at radius 1 is 1.30 bits per heavy atom. The molecule has 8 heteroatoms. The van der Waals surface area contributed by atoms with Crippen molar-refractivity contribution in [3.63, 3.8) is 0 Å². The molecule has 1 saturated heterocycles. The highest BCUT2D eigenvalue weighted by atomic mass is 32.2. The number of carboxylic acid groups (broad SMARTS) is 1. The van der Waals surface area contributed by atoms with Gasteiger partial charge in [-0.2, -0.15) is 4.31 Å². The Labute approximate surface area is 135 Å². The van der Waals surface area contributed by atoms with Gasteiger partial charge in [-0.1, -0.05) is 17.7 Å². The van der Waals surface area contributed by atoms with E-state index in [9.17, 15) is 18.0 Å². The van der Waals surface area contributed by atoms with E-state index in [2.05, 4.69) is 0 Å². The van der Waals surface area contributed by atoms with Gasteiger partial charge >= 0.3 is 5.97 Å². The molecular formula is C15H20N2O5S. The first kappa shape index (κ1) is 17.4. The summed E-state index contributed by atoms with van der Waals surface area (Å²) in [7, 11) is -3.79. The maximum atomic E-state index is 12.7. The average Bonchev–Trinajstić information content (AvgIpc) is 2.48. The molecular weight excluding hydrogens is 320 g/mol. The van der Waals surface area contributed by atoms with E-state index >= 15 is 0 Å². The number of rotatable bonds is 4. The summed E-state index contributed by atoms with van der Waals surface area (Å²) in [6.45, 7) is 4.64. The topological polar surface area (TPSA) is 95.0 Å². The lowest BCUT2D eigenvalue weighted by Crippen LogP contribution is -2.60. The molecule has 2 rings (SSSR count). The number of hydrogen-bond acceptors (Lipinski definition) is 4. The van der Waals surface area contributed by atoms with Gasteiger partial charge in [0.1, 0.15) is 6.04 Å². The number of hydrogen-bond donors (Lipinski definition) is 1. The van der Waals surface area contributed by atoms with Crippen LogP contribution in [0.3, 0.4) is 0 Å². The van der Waals surface area contributed by atoms with Crippen LogP contribution in [-0.4, -0.2) is 59.8 Å². The molecule has 0 saturated carbocycles. The van der Waals surface area contributed by atoms with Crippen molar-refractivity contribution in [2.75, 3.05) is 13.1 Å². The summed E-state index contributed by atoms with van der Waals surface area (Å²) in [6, 6.07) is 4.93. The van der Waals surface area contributed by atoms with E-state index < -0.39 is 34.0 Å². The summed E-state index contributed by atoms with van der Waals surface area (Å²) in [6.07, 6.45) is 0. The van der Waals surface area contributed by atoms with Crippen LogP contribution < -0.4 is 0 Å². The van der Waals surface area contributed by atoms with Gasteiger partial charge in [0.15, 0.2) is 0 Å². The van der Waals surface area contributed by atoms with E-state index in [-0.39, 0.29) is 18.0 Å². The number of piperazine rings is 1. The molecule has 1 aromatic carbocycles. The van der Waals surface area contributed by atoms with Crippen LogP contribution in [0.5, 0.6) is 0 Å². The fraction of sp³-hybridized carbons (Fsp3) is 0.467. The molecule has 1 aliphatic heterocycles. The van der Waals surface area contributed by atoms with Crippen LogP contribution in [0.4, 0.5) is 0 Å². The molecule has 0 radical (unpaired) electrons. The van der Waals surface area contributed by atoms with Crippen LogP contribution >= 0.6 is 0 Å². The third kappa shape index (κ3) is 3.37. The van der Waals surface area contributed by atoms with Crippen LogP contribution in [0.1, 0.15) is 19.4 Å². The zero-order chi connectivity index (χ0) is 17.4. The van der Waals surface area contributed by atoms with E-state index in [0.29, 0.717) is 0 Å². The molecule has 0 spiro atoms. The molecule has 1 N–H and O–H groups in total. The molecule has 0 bridgehead atoms. The van der Waals surface area contributed by atoms with Gasteiger partial charge in [-0.15, -0.1) is 0 Å². The minimum absolute atomic E-state index is 0.0530. The van der Waals surface area contributed by atoms with Crippen LogP contribution in [-0.2, 0) is 19.6 Å². The number of aryl methyl sites for hydroxylation is 1. The summed E-state index contributed by atoms with van der Waals surface area (Å²) < 4.78 is 26.5. The van der Waals surface area contributed by atoms with E-state index in [0.717, 1.165) is 9.87 Å². The van der Waals surface area contributed by atoms with Crippen LogP contribution in [0.25, 0.3) is 0 Å². The number of carbonyl (C=O) groups is 2. The van der Waals surface area contributed by atoms with E-state index in [1.54, 1.807) is 19.1 Å². The Kier molecular flexibility index (Phi) is 4.76. The smallest absolute Gasteiger partial charge is 0.326 e. The number of carbonyl (C=O) groups excluding carboxylic acids is 1. The lowest BCUT2D eigenvalue weighted by molar-refractivity contribution is -0.152. The molecule has 126 valence electrons. The maximum Gasteiger partial charge on any atom is 0.326 e. The van der Waals surface area contributed by atoms with Gasteiger partial charge < -0.3 is 10.0 Å². The molecule has 1 aromatic rings. The van der Waals surface area contributed by atoms with Gasteiger partial charge in [-0.25, -0.2) is 13.2 Å². The van der Waals surface area contributed by atoms with Crippen molar-refractivity contribution in [3.8, 4) is 0 Å². The Bertz CT molecular complexity index is 714. The Morgan fingerprint density at radius 2 is 1.87 bits per heavy atom. The Morgan fingerprint density at radius 3 is 2.39 bits per heavy atom. The number of aliphatic carboxylic acids is 1. The third-order valence-electron chi connectivity index (χ3n) is 4.02. The van der Waals surface area contributed by atoms with Crippen molar-refractivity contribution >= 4 is 21.9 Å². The zero-order valence-corrected chi connectivity index (χ0v) is 14.1.